The molecule has 1 amide bonds. The zero-order chi connectivity index (χ0) is 35.8. The number of phenolic OH excluding ortho intramolecular Hbond substituents is 1. The summed E-state index contributed by atoms with van der Waals surface area (Å²) in [5.41, 5.74) is 0.576. The standard InChI is InChI=1S/C33H51NO15/c1-17(2)46-27-23(37)24(38)32(48-28(27)30(40)34(5)15-21-7-6-12-42-21)44-14-13-43-26-22(36)25(39)33(47-18(3)4)49-29(26)31(41)45-16-19-8-10-20(35)11-9-19/h8-11,17-18,21-29,32-33,35-39H,6-7,12-16H2,1-5H3/t21?,22-,23-,24+,25+,26+,27+,28?,29?,32-,33-/m1/s1. The van der Waals surface area contributed by atoms with E-state index in [2.05, 4.69) is 0 Å². The van der Waals surface area contributed by atoms with Crippen LogP contribution in [0.5, 0.6) is 5.75 Å². The average Bonchev–Trinajstić information content (AvgIpc) is 3.57. The number of rotatable bonds is 15. The fourth-order valence-corrected chi connectivity index (χ4v) is 5.81. The predicted octanol–water partition coefficient (Wildman–Crippen LogP) is -0.413. The van der Waals surface area contributed by atoms with Crippen molar-refractivity contribution >= 4 is 11.9 Å². The number of nitrogens with zero attached hydrogens (tertiary/aromatic N) is 1. The Morgan fingerprint density at radius 3 is 2.08 bits per heavy atom. The lowest BCUT2D eigenvalue weighted by molar-refractivity contribution is -0.316. The second kappa shape index (κ2) is 18.1. The van der Waals surface area contributed by atoms with Crippen LogP contribution in [0.2, 0.25) is 0 Å². The van der Waals surface area contributed by atoms with E-state index in [-0.39, 0.29) is 31.7 Å². The fraction of sp³-hybridized carbons (Fsp3) is 0.758. The molecule has 49 heavy (non-hydrogen) atoms. The van der Waals surface area contributed by atoms with Gasteiger partial charge in [0.1, 0.15) is 49.0 Å². The quantitative estimate of drug-likeness (QED) is 0.116. The monoisotopic (exact) mass is 701 g/mol. The number of aliphatic hydroxyl groups excluding tert-OH is 4. The van der Waals surface area contributed by atoms with Crippen molar-refractivity contribution in [1.82, 2.24) is 4.90 Å². The highest BCUT2D eigenvalue weighted by molar-refractivity contribution is 5.81. The first-order chi connectivity index (χ1) is 23.3. The van der Waals surface area contributed by atoms with Crippen LogP contribution in [0.4, 0.5) is 0 Å². The molecule has 3 aliphatic rings. The van der Waals surface area contributed by atoms with E-state index in [9.17, 15) is 35.1 Å². The number of aliphatic hydroxyl groups is 4. The molecule has 3 unspecified atom stereocenters. The van der Waals surface area contributed by atoms with Crippen molar-refractivity contribution in [2.24, 2.45) is 0 Å². The van der Waals surface area contributed by atoms with E-state index in [1.165, 1.54) is 17.0 Å². The number of esters is 1. The molecule has 3 fully saturated rings. The summed E-state index contributed by atoms with van der Waals surface area (Å²) in [6, 6.07) is 6.00. The molecule has 0 bridgehead atoms. The molecular weight excluding hydrogens is 650 g/mol. The summed E-state index contributed by atoms with van der Waals surface area (Å²) in [6.07, 6.45) is -13.9. The van der Waals surface area contributed by atoms with E-state index in [0.717, 1.165) is 12.8 Å². The summed E-state index contributed by atoms with van der Waals surface area (Å²) in [4.78, 5) is 28.1. The first kappa shape index (κ1) is 39.3. The molecule has 1 aromatic rings. The van der Waals surface area contributed by atoms with Crippen molar-refractivity contribution in [1.29, 1.82) is 0 Å². The smallest absolute Gasteiger partial charge is 0.338 e. The SMILES string of the molecule is CC(C)O[C@@H]1OC(C(=O)OCc2ccc(O)cc2)[C@@H](OCCO[C@@H]2OC(C(=O)N(C)CC3CCCO3)[C@@H](OC(C)C)[C@H](O)[C@@H]2O)[C@H](O)[C@@H]1O. The predicted molar refractivity (Wildman–Crippen MR) is 168 cm³/mol. The molecule has 3 aliphatic heterocycles. The minimum Gasteiger partial charge on any atom is -0.508 e. The van der Waals surface area contributed by atoms with Gasteiger partial charge in [0.2, 0.25) is 0 Å². The molecule has 0 radical (unpaired) electrons. The third kappa shape index (κ3) is 10.5. The lowest BCUT2D eigenvalue weighted by atomic mass is 9.97. The van der Waals surface area contributed by atoms with Crippen molar-refractivity contribution in [3.63, 3.8) is 0 Å². The van der Waals surface area contributed by atoms with Crippen LogP contribution in [0.25, 0.3) is 0 Å². The highest BCUT2D eigenvalue weighted by Gasteiger charge is 2.51. The van der Waals surface area contributed by atoms with Gasteiger partial charge in [0, 0.05) is 20.2 Å². The van der Waals surface area contributed by atoms with E-state index < -0.39 is 85.5 Å². The summed E-state index contributed by atoms with van der Waals surface area (Å²) < 4.78 is 45.5. The fourth-order valence-electron chi connectivity index (χ4n) is 5.81. The van der Waals surface area contributed by atoms with Crippen molar-refractivity contribution < 1.29 is 73.0 Å². The first-order valence-electron chi connectivity index (χ1n) is 16.6. The third-order valence-electron chi connectivity index (χ3n) is 8.27. The molecule has 16 heteroatoms. The van der Waals surface area contributed by atoms with Crippen LogP contribution in [0.1, 0.15) is 46.1 Å². The first-order valence-corrected chi connectivity index (χ1v) is 16.6. The summed E-state index contributed by atoms with van der Waals surface area (Å²) in [7, 11) is 1.59. The van der Waals surface area contributed by atoms with Crippen molar-refractivity contribution in [3.05, 3.63) is 29.8 Å². The number of carbonyl (C=O) groups is 2. The topological polar surface area (TPSA) is 212 Å². The third-order valence-corrected chi connectivity index (χ3v) is 8.27. The Balaban J connectivity index is 1.39. The van der Waals surface area contributed by atoms with Gasteiger partial charge in [0.15, 0.2) is 24.8 Å². The van der Waals surface area contributed by atoms with Gasteiger partial charge in [-0.05, 0) is 58.2 Å². The summed E-state index contributed by atoms with van der Waals surface area (Å²) in [6.45, 7) is 6.99. The Morgan fingerprint density at radius 1 is 0.837 bits per heavy atom. The number of hydrogen-bond donors (Lipinski definition) is 5. The summed E-state index contributed by atoms with van der Waals surface area (Å²) in [5.74, 6) is -1.35. The van der Waals surface area contributed by atoms with Gasteiger partial charge in [-0.3, -0.25) is 4.79 Å². The minimum absolute atomic E-state index is 0.0420. The maximum Gasteiger partial charge on any atom is 0.338 e. The van der Waals surface area contributed by atoms with Crippen LogP contribution in [-0.4, -0.2) is 155 Å². The van der Waals surface area contributed by atoms with Gasteiger partial charge in [0.25, 0.3) is 5.91 Å². The molecular formula is C33H51NO15. The largest absolute Gasteiger partial charge is 0.508 e. The second-order valence-electron chi connectivity index (χ2n) is 13.0. The Kier molecular flexibility index (Phi) is 14.6. The number of hydrogen-bond acceptors (Lipinski definition) is 15. The lowest BCUT2D eigenvalue weighted by Gasteiger charge is -2.43. The van der Waals surface area contributed by atoms with Crippen LogP contribution >= 0.6 is 0 Å². The average molecular weight is 702 g/mol. The molecule has 1 aromatic carbocycles. The van der Waals surface area contributed by atoms with Gasteiger partial charge in [-0.1, -0.05) is 12.1 Å². The molecule has 0 saturated carbocycles. The summed E-state index contributed by atoms with van der Waals surface area (Å²) in [5, 5.41) is 53.0. The number of phenols is 1. The van der Waals surface area contributed by atoms with Crippen LogP contribution in [0, 0.1) is 0 Å². The van der Waals surface area contributed by atoms with Gasteiger partial charge in [-0.2, -0.15) is 0 Å². The van der Waals surface area contributed by atoms with Crippen LogP contribution in [-0.2, 0) is 54.1 Å². The Morgan fingerprint density at radius 2 is 1.45 bits per heavy atom. The van der Waals surface area contributed by atoms with E-state index >= 15 is 0 Å². The van der Waals surface area contributed by atoms with E-state index in [0.29, 0.717) is 18.7 Å². The Labute approximate surface area is 285 Å². The molecule has 11 atom stereocenters. The van der Waals surface area contributed by atoms with E-state index in [4.69, 9.17) is 37.9 Å². The molecule has 4 rings (SSSR count). The second-order valence-corrected chi connectivity index (χ2v) is 13.0. The van der Waals surface area contributed by atoms with E-state index in [1.807, 2.05) is 0 Å². The van der Waals surface area contributed by atoms with Crippen molar-refractivity contribution in [2.45, 2.75) is 127 Å². The molecule has 3 heterocycles. The van der Waals surface area contributed by atoms with Gasteiger partial charge >= 0.3 is 5.97 Å². The molecule has 278 valence electrons. The van der Waals surface area contributed by atoms with Gasteiger partial charge in [-0.25, -0.2) is 4.79 Å². The highest BCUT2D eigenvalue weighted by atomic mass is 16.7. The number of amides is 1. The molecule has 0 aliphatic carbocycles. The number of benzene rings is 1. The van der Waals surface area contributed by atoms with Gasteiger partial charge in [0.05, 0.1) is 31.5 Å². The lowest BCUT2D eigenvalue weighted by Crippen LogP contribution is -2.63. The van der Waals surface area contributed by atoms with Crippen molar-refractivity contribution in [2.75, 3.05) is 33.4 Å². The van der Waals surface area contributed by atoms with Crippen LogP contribution in [0.15, 0.2) is 24.3 Å². The maximum absolute atomic E-state index is 13.5. The molecule has 16 nitrogen and oxygen atoms in total. The van der Waals surface area contributed by atoms with E-state index in [1.54, 1.807) is 46.9 Å². The van der Waals surface area contributed by atoms with Gasteiger partial charge < -0.3 is 68.3 Å². The molecule has 0 aromatic heterocycles. The van der Waals surface area contributed by atoms with Gasteiger partial charge in [-0.15, -0.1) is 0 Å². The maximum atomic E-state index is 13.5. The van der Waals surface area contributed by atoms with Crippen molar-refractivity contribution in [3.8, 4) is 5.75 Å². The zero-order valence-corrected chi connectivity index (χ0v) is 28.5. The normalized spacial score (nSPS) is 33.6. The van der Waals surface area contributed by atoms with Crippen LogP contribution in [0.3, 0.4) is 0 Å². The minimum atomic E-state index is -1.64. The molecule has 3 saturated heterocycles. The Bertz CT molecular complexity index is 1180. The number of aromatic hydroxyl groups is 1. The highest BCUT2D eigenvalue weighted by Crippen LogP contribution is 2.29. The molecule has 0 spiro atoms. The number of likely N-dealkylation sites (N-methyl/N-ethyl adjacent to an activating group) is 1. The molecule has 5 N–H and O–H groups in total. The summed E-state index contributed by atoms with van der Waals surface area (Å²) >= 11 is 0. The van der Waals surface area contributed by atoms with Crippen LogP contribution < -0.4 is 0 Å². The Hall–Kier alpha value is -2.48. The number of ether oxygens (including phenoxy) is 8. The number of carbonyl (C=O) groups excluding carboxylic acids is 2. The zero-order valence-electron chi connectivity index (χ0n) is 28.5.